The van der Waals surface area contributed by atoms with Crippen molar-refractivity contribution in [1.29, 1.82) is 0 Å². The number of carbonyl (C=O) groups is 1. The van der Waals surface area contributed by atoms with Crippen LogP contribution in [0.15, 0.2) is 0 Å². The van der Waals surface area contributed by atoms with E-state index in [1.807, 2.05) is 4.90 Å². The van der Waals surface area contributed by atoms with Crippen molar-refractivity contribution in [1.82, 2.24) is 10.2 Å². The molecule has 2 rings (SSSR count). The van der Waals surface area contributed by atoms with Crippen LogP contribution in [0.1, 0.15) is 38.5 Å². The lowest BCUT2D eigenvalue weighted by Crippen LogP contribution is -2.38. The van der Waals surface area contributed by atoms with Gasteiger partial charge in [-0.25, -0.2) is 0 Å². The summed E-state index contributed by atoms with van der Waals surface area (Å²) in [5.74, 6) is 0.968. The molecule has 17 heavy (non-hydrogen) atoms. The first-order valence-electron chi connectivity index (χ1n) is 6.92. The molecule has 0 saturated carbocycles. The van der Waals surface area contributed by atoms with E-state index in [9.17, 15) is 9.90 Å². The number of aliphatic hydroxyl groups excluding tert-OH is 1. The van der Waals surface area contributed by atoms with E-state index in [0.717, 1.165) is 44.8 Å². The number of nitrogens with one attached hydrogen (secondary N) is 1. The van der Waals surface area contributed by atoms with Crippen molar-refractivity contribution in [2.24, 2.45) is 5.92 Å². The molecular weight excluding hydrogens is 216 g/mol. The monoisotopic (exact) mass is 240 g/mol. The molecule has 1 amide bonds. The number of carbonyl (C=O) groups excluding carboxylic acids is 1. The summed E-state index contributed by atoms with van der Waals surface area (Å²) in [6.45, 7) is 3.17. The lowest BCUT2D eigenvalue weighted by atomic mass is 9.93. The number of rotatable bonds is 4. The first-order valence-corrected chi connectivity index (χ1v) is 6.92. The van der Waals surface area contributed by atoms with E-state index in [0.29, 0.717) is 6.42 Å². The minimum absolute atomic E-state index is 0.0931. The van der Waals surface area contributed by atoms with Gasteiger partial charge in [-0.15, -0.1) is 0 Å². The molecule has 0 radical (unpaired) electrons. The van der Waals surface area contributed by atoms with Crippen LogP contribution in [0.4, 0.5) is 0 Å². The van der Waals surface area contributed by atoms with Gasteiger partial charge in [-0.1, -0.05) is 0 Å². The summed E-state index contributed by atoms with van der Waals surface area (Å²) in [4.78, 5) is 13.9. The molecule has 2 saturated heterocycles. The van der Waals surface area contributed by atoms with E-state index in [1.54, 1.807) is 0 Å². The molecule has 2 aliphatic heterocycles. The molecule has 2 aliphatic rings. The fourth-order valence-corrected chi connectivity index (χ4v) is 3.00. The predicted octanol–water partition coefficient (Wildman–Crippen LogP) is 0.749. The SMILES string of the molecule is O=C(CCC1CCNCC1)N1CCC[C@H]1CO. The molecule has 4 heteroatoms. The summed E-state index contributed by atoms with van der Waals surface area (Å²) >= 11 is 0. The van der Waals surface area contributed by atoms with Crippen molar-refractivity contribution >= 4 is 5.91 Å². The normalized spacial score (nSPS) is 26.4. The number of amides is 1. The Bertz CT molecular complexity index is 252. The summed E-state index contributed by atoms with van der Waals surface area (Å²) in [6, 6.07) is 0.0931. The fourth-order valence-electron chi connectivity index (χ4n) is 3.00. The first-order chi connectivity index (χ1) is 8.31. The van der Waals surface area contributed by atoms with Gasteiger partial charge in [-0.3, -0.25) is 4.79 Å². The number of hydrogen-bond acceptors (Lipinski definition) is 3. The summed E-state index contributed by atoms with van der Waals surface area (Å²) in [5.41, 5.74) is 0. The third-order valence-corrected chi connectivity index (χ3v) is 4.13. The van der Waals surface area contributed by atoms with Crippen LogP contribution in [-0.4, -0.2) is 48.2 Å². The summed E-state index contributed by atoms with van der Waals surface area (Å²) in [7, 11) is 0. The molecule has 98 valence electrons. The Morgan fingerprint density at radius 2 is 2.06 bits per heavy atom. The van der Waals surface area contributed by atoms with E-state index < -0.39 is 0 Å². The number of hydrogen-bond donors (Lipinski definition) is 2. The highest BCUT2D eigenvalue weighted by molar-refractivity contribution is 5.76. The minimum atomic E-state index is 0.0931. The molecule has 0 spiro atoms. The van der Waals surface area contributed by atoms with Gasteiger partial charge in [-0.2, -0.15) is 0 Å². The molecule has 1 atom stereocenters. The number of piperidine rings is 1. The number of likely N-dealkylation sites (tertiary alicyclic amines) is 1. The van der Waals surface area contributed by atoms with Crippen molar-refractivity contribution in [2.75, 3.05) is 26.2 Å². The first kappa shape index (κ1) is 12.8. The number of nitrogens with zero attached hydrogens (tertiary/aromatic N) is 1. The largest absolute Gasteiger partial charge is 0.394 e. The van der Waals surface area contributed by atoms with Crippen molar-refractivity contribution in [2.45, 2.75) is 44.6 Å². The van der Waals surface area contributed by atoms with Gasteiger partial charge in [0.1, 0.15) is 0 Å². The van der Waals surface area contributed by atoms with Gasteiger partial charge >= 0.3 is 0 Å². The van der Waals surface area contributed by atoms with Crippen molar-refractivity contribution in [3.8, 4) is 0 Å². The van der Waals surface area contributed by atoms with Crippen LogP contribution in [0.5, 0.6) is 0 Å². The van der Waals surface area contributed by atoms with Gasteiger partial charge in [0, 0.05) is 13.0 Å². The maximum Gasteiger partial charge on any atom is 0.222 e. The zero-order chi connectivity index (χ0) is 12.1. The molecule has 0 aromatic rings. The second kappa shape index (κ2) is 6.36. The Hall–Kier alpha value is -0.610. The van der Waals surface area contributed by atoms with Gasteiger partial charge in [0.2, 0.25) is 5.91 Å². The average Bonchev–Trinajstić information content (AvgIpc) is 2.85. The van der Waals surface area contributed by atoms with Crippen LogP contribution in [0.2, 0.25) is 0 Å². The third kappa shape index (κ3) is 3.42. The average molecular weight is 240 g/mol. The minimum Gasteiger partial charge on any atom is -0.394 e. The maximum absolute atomic E-state index is 12.1. The predicted molar refractivity (Wildman–Crippen MR) is 66.6 cm³/mol. The lowest BCUT2D eigenvalue weighted by Gasteiger charge is -2.26. The van der Waals surface area contributed by atoms with Crippen LogP contribution in [0.25, 0.3) is 0 Å². The Morgan fingerprint density at radius 1 is 1.29 bits per heavy atom. The summed E-state index contributed by atoms with van der Waals surface area (Å²) in [5, 5.41) is 12.5. The molecular formula is C13H24N2O2. The van der Waals surface area contributed by atoms with E-state index in [-0.39, 0.29) is 18.6 Å². The van der Waals surface area contributed by atoms with Gasteiger partial charge in [0.25, 0.3) is 0 Å². The third-order valence-electron chi connectivity index (χ3n) is 4.13. The highest BCUT2D eigenvalue weighted by atomic mass is 16.3. The Balaban J connectivity index is 1.72. The standard InChI is InChI=1S/C13H24N2O2/c16-10-12-2-1-9-15(12)13(17)4-3-11-5-7-14-8-6-11/h11-12,14,16H,1-10H2/t12-/m0/s1. The molecule has 2 N–H and O–H groups in total. The highest BCUT2D eigenvalue weighted by Gasteiger charge is 2.28. The van der Waals surface area contributed by atoms with Crippen molar-refractivity contribution in [3.63, 3.8) is 0 Å². The van der Waals surface area contributed by atoms with E-state index >= 15 is 0 Å². The van der Waals surface area contributed by atoms with Gasteiger partial charge in [0.05, 0.1) is 12.6 Å². The molecule has 0 unspecified atom stereocenters. The van der Waals surface area contributed by atoms with Crippen LogP contribution < -0.4 is 5.32 Å². The second-order valence-corrected chi connectivity index (χ2v) is 5.30. The fraction of sp³-hybridized carbons (Fsp3) is 0.923. The smallest absolute Gasteiger partial charge is 0.222 e. The molecule has 0 aromatic carbocycles. The molecule has 2 heterocycles. The van der Waals surface area contributed by atoms with E-state index in [4.69, 9.17) is 0 Å². The van der Waals surface area contributed by atoms with Crippen molar-refractivity contribution < 1.29 is 9.90 Å². The van der Waals surface area contributed by atoms with Crippen molar-refractivity contribution in [3.05, 3.63) is 0 Å². The summed E-state index contributed by atoms with van der Waals surface area (Å²) < 4.78 is 0. The van der Waals surface area contributed by atoms with Crippen LogP contribution in [-0.2, 0) is 4.79 Å². The van der Waals surface area contributed by atoms with E-state index in [2.05, 4.69) is 5.32 Å². The topological polar surface area (TPSA) is 52.6 Å². The van der Waals surface area contributed by atoms with Crippen LogP contribution >= 0.6 is 0 Å². The molecule has 4 nitrogen and oxygen atoms in total. The highest BCUT2D eigenvalue weighted by Crippen LogP contribution is 2.22. The van der Waals surface area contributed by atoms with Crippen LogP contribution in [0.3, 0.4) is 0 Å². The zero-order valence-electron chi connectivity index (χ0n) is 10.5. The second-order valence-electron chi connectivity index (χ2n) is 5.30. The van der Waals surface area contributed by atoms with Gasteiger partial charge in [0.15, 0.2) is 0 Å². The number of aliphatic hydroxyl groups is 1. The lowest BCUT2D eigenvalue weighted by molar-refractivity contribution is -0.133. The van der Waals surface area contributed by atoms with E-state index in [1.165, 1.54) is 12.8 Å². The Kier molecular flexibility index (Phi) is 4.80. The molecule has 0 bridgehead atoms. The molecule has 0 aliphatic carbocycles. The Labute approximate surface area is 103 Å². The summed E-state index contributed by atoms with van der Waals surface area (Å²) in [6.07, 6.45) is 6.11. The molecule has 0 aromatic heterocycles. The van der Waals surface area contributed by atoms with Crippen LogP contribution in [0, 0.1) is 5.92 Å². The quantitative estimate of drug-likeness (QED) is 0.762. The molecule has 2 fully saturated rings. The van der Waals surface area contributed by atoms with Gasteiger partial charge < -0.3 is 15.3 Å². The maximum atomic E-state index is 12.1. The van der Waals surface area contributed by atoms with Gasteiger partial charge in [-0.05, 0) is 51.1 Å². The Morgan fingerprint density at radius 3 is 2.76 bits per heavy atom. The zero-order valence-corrected chi connectivity index (χ0v) is 10.5.